The lowest BCUT2D eigenvalue weighted by Gasteiger charge is -2.25. The van der Waals surface area contributed by atoms with E-state index in [1.54, 1.807) is 0 Å². The molecule has 0 aromatic carbocycles. The molecule has 0 saturated heterocycles. The summed E-state index contributed by atoms with van der Waals surface area (Å²) in [7, 11) is 0. The highest BCUT2D eigenvalue weighted by molar-refractivity contribution is 5.81. The summed E-state index contributed by atoms with van der Waals surface area (Å²) < 4.78 is 5.38. The molecule has 0 atom stereocenters. The van der Waals surface area contributed by atoms with Crippen LogP contribution in [-0.2, 0) is 14.3 Å². The van der Waals surface area contributed by atoms with Crippen molar-refractivity contribution in [2.24, 2.45) is 5.92 Å². The molecule has 0 aliphatic heterocycles. The fourth-order valence-electron chi connectivity index (χ4n) is 2.54. The first kappa shape index (κ1) is 13.5. The minimum atomic E-state index is -0.981. The normalized spacial score (nSPS) is 28.8. The molecule has 0 radical (unpaired) electrons. The Bertz CT molecular complexity index is 324. The first-order valence-electron chi connectivity index (χ1n) is 5.72. The topological polar surface area (TPSA) is 63.6 Å². The monoisotopic (exact) mass is 238 g/mol. The Morgan fingerprint density at radius 3 is 2.06 bits per heavy atom. The maximum absolute atomic E-state index is 11.0. The molecule has 2 aliphatic rings. The van der Waals surface area contributed by atoms with Gasteiger partial charge < -0.3 is 9.84 Å². The van der Waals surface area contributed by atoms with E-state index < -0.39 is 5.97 Å². The van der Waals surface area contributed by atoms with Gasteiger partial charge in [0.25, 0.3) is 0 Å². The van der Waals surface area contributed by atoms with Gasteiger partial charge in [-0.2, -0.15) is 0 Å². The lowest BCUT2D eigenvalue weighted by Crippen LogP contribution is -2.29. The van der Waals surface area contributed by atoms with Crippen LogP contribution in [0.15, 0.2) is 25.3 Å². The first-order valence-corrected chi connectivity index (χ1v) is 5.72. The number of rotatable bonds is 3. The van der Waals surface area contributed by atoms with Gasteiger partial charge in [0.2, 0.25) is 0 Å². The standard InChI is InChI=1S/C10H14O2.C3H4O2/c1-2-9(11)12-10-5-3-8(7-10)4-6-10;1-2-3(4)5/h2,8H,1,3-7H2;2H,1H2,(H,4,5). The zero-order chi connectivity index (χ0) is 12.9. The molecule has 0 aromatic heterocycles. The average molecular weight is 238 g/mol. The van der Waals surface area contributed by atoms with Crippen LogP contribution in [0.1, 0.15) is 32.1 Å². The first-order chi connectivity index (χ1) is 8.01. The number of aliphatic carboxylic acids is 1. The molecular formula is C13H18O4. The van der Waals surface area contributed by atoms with Crippen molar-refractivity contribution in [1.82, 2.24) is 0 Å². The molecule has 0 aromatic rings. The summed E-state index contributed by atoms with van der Waals surface area (Å²) in [4.78, 5) is 20.3. The highest BCUT2D eigenvalue weighted by Crippen LogP contribution is 2.49. The molecule has 94 valence electrons. The van der Waals surface area contributed by atoms with Crippen molar-refractivity contribution in [3.05, 3.63) is 25.3 Å². The van der Waals surface area contributed by atoms with Gasteiger partial charge in [-0.15, -0.1) is 0 Å². The molecule has 2 bridgehead atoms. The zero-order valence-electron chi connectivity index (χ0n) is 9.85. The maximum Gasteiger partial charge on any atom is 0.330 e. The summed E-state index contributed by atoms with van der Waals surface area (Å²) >= 11 is 0. The number of hydrogen-bond acceptors (Lipinski definition) is 3. The highest BCUT2D eigenvalue weighted by atomic mass is 16.6. The number of fused-ring (bicyclic) bond motifs is 2. The Hall–Kier alpha value is -1.58. The fraction of sp³-hybridized carbons (Fsp3) is 0.538. The third-order valence-electron chi connectivity index (χ3n) is 3.34. The Morgan fingerprint density at radius 1 is 1.24 bits per heavy atom. The molecule has 2 fully saturated rings. The molecule has 0 spiro atoms. The number of esters is 1. The molecule has 4 heteroatoms. The number of carboxylic acids is 1. The van der Waals surface area contributed by atoms with Gasteiger partial charge in [0.15, 0.2) is 0 Å². The summed E-state index contributed by atoms with van der Waals surface area (Å²) in [5.74, 6) is -0.412. The smallest absolute Gasteiger partial charge is 0.330 e. The van der Waals surface area contributed by atoms with Crippen LogP contribution in [0.25, 0.3) is 0 Å². The quantitative estimate of drug-likeness (QED) is 0.605. The molecule has 2 aliphatic carbocycles. The molecule has 0 amide bonds. The molecule has 1 N–H and O–H groups in total. The van der Waals surface area contributed by atoms with Gasteiger partial charge in [0.1, 0.15) is 5.60 Å². The summed E-state index contributed by atoms with van der Waals surface area (Å²) in [6.07, 6.45) is 7.80. The van der Waals surface area contributed by atoms with Crippen LogP contribution in [0.4, 0.5) is 0 Å². The summed E-state index contributed by atoms with van der Waals surface area (Å²) in [6.45, 7) is 6.37. The molecule has 2 saturated carbocycles. The number of carbonyl (C=O) groups is 2. The number of carbonyl (C=O) groups excluding carboxylic acids is 1. The van der Waals surface area contributed by atoms with Gasteiger partial charge in [0, 0.05) is 12.2 Å². The van der Waals surface area contributed by atoms with Gasteiger partial charge in [0.05, 0.1) is 0 Å². The van der Waals surface area contributed by atoms with Crippen LogP contribution in [-0.4, -0.2) is 22.6 Å². The SMILES string of the molecule is C=CC(=O)O.C=CC(=O)OC12CCC(CC1)C2. The molecule has 2 rings (SSSR count). The molecular weight excluding hydrogens is 220 g/mol. The van der Waals surface area contributed by atoms with Crippen molar-refractivity contribution in [1.29, 1.82) is 0 Å². The number of ether oxygens (including phenoxy) is 1. The Labute approximate surface area is 101 Å². The lowest BCUT2D eigenvalue weighted by molar-refractivity contribution is -0.152. The predicted octanol–water partition coefficient (Wildman–Crippen LogP) is 2.31. The Morgan fingerprint density at radius 2 is 1.76 bits per heavy atom. The van der Waals surface area contributed by atoms with Crippen molar-refractivity contribution in [2.75, 3.05) is 0 Å². The summed E-state index contributed by atoms with van der Waals surface area (Å²) in [5, 5.41) is 7.60. The maximum atomic E-state index is 11.0. The minimum Gasteiger partial charge on any atom is -0.478 e. The van der Waals surface area contributed by atoms with Crippen LogP contribution < -0.4 is 0 Å². The van der Waals surface area contributed by atoms with Crippen LogP contribution in [0, 0.1) is 5.92 Å². The van der Waals surface area contributed by atoms with Crippen molar-refractivity contribution in [3.63, 3.8) is 0 Å². The van der Waals surface area contributed by atoms with Crippen LogP contribution in [0.2, 0.25) is 0 Å². The number of carboxylic acid groups (broad SMARTS) is 1. The third-order valence-corrected chi connectivity index (χ3v) is 3.34. The predicted molar refractivity (Wildman–Crippen MR) is 63.4 cm³/mol. The largest absolute Gasteiger partial charge is 0.478 e. The van der Waals surface area contributed by atoms with E-state index in [0.717, 1.165) is 31.3 Å². The van der Waals surface area contributed by atoms with Crippen LogP contribution in [0.3, 0.4) is 0 Å². The van der Waals surface area contributed by atoms with Gasteiger partial charge in [-0.3, -0.25) is 0 Å². The van der Waals surface area contributed by atoms with E-state index in [1.807, 2.05) is 0 Å². The summed E-state index contributed by atoms with van der Waals surface area (Å²) in [5.41, 5.74) is -0.0874. The van der Waals surface area contributed by atoms with E-state index in [2.05, 4.69) is 13.2 Å². The third kappa shape index (κ3) is 3.73. The Kier molecular flexibility index (Phi) is 4.49. The van der Waals surface area contributed by atoms with Crippen molar-refractivity contribution in [3.8, 4) is 0 Å². The fourth-order valence-corrected chi connectivity index (χ4v) is 2.54. The van der Waals surface area contributed by atoms with E-state index in [9.17, 15) is 9.59 Å². The molecule has 17 heavy (non-hydrogen) atoms. The van der Waals surface area contributed by atoms with Crippen molar-refractivity contribution >= 4 is 11.9 Å². The molecule has 4 nitrogen and oxygen atoms in total. The second-order valence-electron chi connectivity index (χ2n) is 4.50. The Balaban J connectivity index is 0.000000249. The van der Waals surface area contributed by atoms with Gasteiger partial charge in [-0.1, -0.05) is 13.2 Å². The second kappa shape index (κ2) is 5.66. The van der Waals surface area contributed by atoms with Gasteiger partial charge in [-0.25, -0.2) is 9.59 Å². The van der Waals surface area contributed by atoms with Gasteiger partial charge in [-0.05, 0) is 38.0 Å². The van der Waals surface area contributed by atoms with Crippen LogP contribution >= 0.6 is 0 Å². The lowest BCUT2D eigenvalue weighted by atomic mass is 9.97. The van der Waals surface area contributed by atoms with Crippen molar-refractivity contribution < 1.29 is 19.4 Å². The number of hydrogen-bond donors (Lipinski definition) is 1. The van der Waals surface area contributed by atoms with Crippen LogP contribution in [0.5, 0.6) is 0 Å². The molecule has 0 unspecified atom stereocenters. The average Bonchev–Trinajstić information content (AvgIpc) is 2.89. The van der Waals surface area contributed by atoms with E-state index in [-0.39, 0.29) is 11.6 Å². The van der Waals surface area contributed by atoms with Crippen molar-refractivity contribution in [2.45, 2.75) is 37.7 Å². The van der Waals surface area contributed by atoms with E-state index in [0.29, 0.717) is 0 Å². The summed E-state index contributed by atoms with van der Waals surface area (Å²) in [6, 6.07) is 0. The zero-order valence-corrected chi connectivity index (χ0v) is 9.85. The van der Waals surface area contributed by atoms with E-state index in [4.69, 9.17) is 9.84 Å². The van der Waals surface area contributed by atoms with Gasteiger partial charge >= 0.3 is 11.9 Å². The second-order valence-corrected chi connectivity index (χ2v) is 4.50. The molecule has 0 heterocycles. The van der Waals surface area contributed by atoms with E-state index in [1.165, 1.54) is 18.9 Å². The highest BCUT2D eigenvalue weighted by Gasteiger charge is 2.47. The minimum absolute atomic E-state index is 0.0874. The van der Waals surface area contributed by atoms with E-state index >= 15 is 0 Å².